The fourth-order valence-electron chi connectivity index (χ4n) is 3.57. The summed E-state index contributed by atoms with van der Waals surface area (Å²) in [6, 6.07) is 0. The molecule has 3 N–H and O–H groups in total. The molecular weight excluding hydrogens is 344 g/mol. The van der Waals surface area contributed by atoms with Crippen LogP contribution in [-0.4, -0.2) is 91.3 Å². The normalized spacial score (nSPS) is 37.5. The average Bonchev–Trinajstić information content (AvgIpc) is 3.46. The zero-order valence-corrected chi connectivity index (χ0v) is 15.0. The van der Waals surface area contributed by atoms with Gasteiger partial charge in [-0.3, -0.25) is 0 Å². The molecule has 0 aromatic heterocycles. The molecular formula is C18H30O8. The van der Waals surface area contributed by atoms with E-state index in [0.717, 1.165) is 0 Å². The Morgan fingerprint density at radius 2 is 1.42 bits per heavy atom. The summed E-state index contributed by atoms with van der Waals surface area (Å²) >= 11 is 0. The SMILES string of the molecule is OCC(CC1CO1)C(O)(CC1CO1)OCC(CC1CO1)C(O)CC1CO1. The van der Waals surface area contributed by atoms with Crippen molar-refractivity contribution in [2.45, 2.75) is 62.0 Å². The number of aliphatic hydroxyl groups is 3. The Hall–Kier alpha value is -0.320. The Kier molecular flexibility index (Phi) is 5.83. The van der Waals surface area contributed by atoms with Crippen LogP contribution in [0, 0.1) is 11.8 Å². The van der Waals surface area contributed by atoms with Crippen LogP contribution >= 0.6 is 0 Å². The van der Waals surface area contributed by atoms with Crippen molar-refractivity contribution in [2.75, 3.05) is 39.6 Å². The topological polar surface area (TPSA) is 120 Å². The minimum absolute atomic E-state index is 0.0378. The van der Waals surface area contributed by atoms with Gasteiger partial charge in [-0.05, 0) is 12.8 Å². The van der Waals surface area contributed by atoms with Gasteiger partial charge in [-0.15, -0.1) is 0 Å². The summed E-state index contributed by atoms with van der Waals surface area (Å²) in [5.74, 6) is -2.07. The molecule has 4 aliphatic heterocycles. The summed E-state index contributed by atoms with van der Waals surface area (Å²) in [4.78, 5) is 0. The van der Waals surface area contributed by atoms with Crippen molar-refractivity contribution >= 4 is 0 Å². The third-order valence-corrected chi connectivity index (χ3v) is 5.70. The molecule has 4 fully saturated rings. The molecule has 0 aromatic carbocycles. The van der Waals surface area contributed by atoms with E-state index >= 15 is 0 Å². The van der Waals surface area contributed by atoms with Gasteiger partial charge in [0.2, 0.25) is 0 Å². The third-order valence-electron chi connectivity index (χ3n) is 5.70. The first-order valence-electron chi connectivity index (χ1n) is 9.67. The third kappa shape index (κ3) is 5.59. The largest absolute Gasteiger partial charge is 0.396 e. The van der Waals surface area contributed by atoms with Gasteiger partial charge in [0.25, 0.3) is 0 Å². The van der Waals surface area contributed by atoms with Gasteiger partial charge in [0, 0.05) is 24.7 Å². The van der Waals surface area contributed by atoms with Crippen LogP contribution in [0.1, 0.15) is 25.7 Å². The predicted octanol–water partition coefficient (Wildman–Crippen LogP) is -0.567. The molecule has 0 aliphatic carbocycles. The summed E-state index contributed by atoms with van der Waals surface area (Å²) in [7, 11) is 0. The lowest BCUT2D eigenvalue weighted by molar-refractivity contribution is -0.259. The van der Waals surface area contributed by atoms with Crippen molar-refractivity contribution in [3.05, 3.63) is 0 Å². The van der Waals surface area contributed by atoms with Gasteiger partial charge in [-0.25, -0.2) is 0 Å². The van der Waals surface area contributed by atoms with E-state index in [4.69, 9.17) is 23.7 Å². The molecule has 4 heterocycles. The molecule has 8 atom stereocenters. The van der Waals surface area contributed by atoms with E-state index in [2.05, 4.69) is 0 Å². The molecule has 4 aliphatic rings. The van der Waals surface area contributed by atoms with Crippen molar-refractivity contribution in [1.82, 2.24) is 0 Å². The van der Waals surface area contributed by atoms with Crippen LogP contribution in [-0.2, 0) is 23.7 Å². The Morgan fingerprint density at radius 3 is 1.96 bits per heavy atom. The van der Waals surface area contributed by atoms with E-state index in [0.29, 0.717) is 52.1 Å². The first-order valence-corrected chi connectivity index (χ1v) is 9.67. The Labute approximate surface area is 153 Å². The molecule has 4 saturated heterocycles. The maximum atomic E-state index is 11.2. The summed E-state index contributed by atoms with van der Waals surface area (Å²) in [5, 5.41) is 31.5. The van der Waals surface area contributed by atoms with E-state index in [1.807, 2.05) is 0 Å². The lowest BCUT2D eigenvalue weighted by atomic mass is 9.89. The first-order chi connectivity index (χ1) is 12.6. The highest BCUT2D eigenvalue weighted by molar-refractivity contribution is 4.90. The number of hydrogen-bond donors (Lipinski definition) is 3. The second-order valence-corrected chi connectivity index (χ2v) is 8.10. The van der Waals surface area contributed by atoms with Crippen molar-refractivity contribution in [1.29, 1.82) is 0 Å². The van der Waals surface area contributed by atoms with Crippen molar-refractivity contribution in [2.24, 2.45) is 11.8 Å². The molecule has 0 bridgehead atoms. The van der Waals surface area contributed by atoms with Gasteiger partial charge < -0.3 is 39.0 Å². The average molecular weight is 374 g/mol. The van der Waals surface area contributed by atoms with Crippen LogP contribution in [0.25, 0.3) is 0 Å². The van der Waals surface area contributed by atoms with Crippen LogP contribution in [0.15, 0.2) is 0 Å². The number of hydrogen-bond acceptors (Lipinski definition) is 8. The van der Waals surface area contributed by atoms with Crippen LogP contribution in [0.2, 0.25) is 0 Å². The molecule has 8 nitrogen and oxygen atoms in total. The minimum atomic E-state index is -1.49. The van der Waals surface area contributed by atoms with E-state index in [1.54, 1.807) is 0 Å². The molecule has 0 amide bonds. The van der Waals surface area contributed by atoms with Gasteiger partial charge in [-0.2, -0.15) is 0 Å². The van der Waals surface area contributed by atoms with E-state index in [-0.39, 0.29) is 43.5 Å². The number of aliphatic hydroxyl groups excluding tert-OH is 2. The molecule has 26 heavy (non-hydrogen) atoms. The number of epoxide rings is 4. The van der Waals surface area contributed by atoms with E-state index < -0.39 is 17.8 Å². The molecule has 8 heteroatoms. The Morgan fingerprint density at radius 1 is 0.885 bits per heavy atom. The molecule has 150 valence electrons. The minimum Gasteiger partial charge on any atom is -0.396 e. The summed E-state index contributed by atoms with van der Waals surface area (Å²) in [6.45, 7) is 2.69. The summed E-state index contributed by atoms with van der Waals surface area (Å²) in [6.07, 6.45) is 1.90. The van der Waals surface area contributed by atoms with Crippen LogP contribution in [0.3, 0.4) is 0 Å². The molecule has 0 saturated carbocycles. The lowest BCUT2D eigenvalue weighted by Gasteiger charge is -2.36. The molecule has 0 radical (unpaired) electrons. The van der Waals surface area contributed by atoms with Crippen LogP contribution < -0.4 is 0 Å². The standard InChI is InChI=1S/C18H30O8/c19-5-12(2-14-8-23-14)18(21,4-16-10-25-16)26-6-11(1-13-7-22-13)17(20)3-15-9-24-15/h11-17,19-21H,1-10H2. The van der Waals surface area contributed by atoms with E-state index in [9.17, 15) is 15.3 Å². The second-order valence-electron chi connectivity index (χ2n) is 8.10. The number of rotatable bonds is 14. The van der Waals surface area contributed by atoms with Crippen molar-refractivity contribution in [3.63, 3.8) is 0 Å². The highest BCUT2D eigenvalue weighted by Crippen LogP contribution is 2.36. The quantitative estimate of drug-likeness (QED) is 0.273. The van der Waals surface area contributed by atoms with Gasteiger partial charge in [-0.1, -0.05) is 0 Å². The zero-order valence-electron chi connectivity index (χ0n) is 15.0. The monoisotopic (exact) mass is 374 g/mol. The van der Waals surface area contributed by atoms with Gasteiger partial charge in [0.1, 0.15) is 0 Å². The van der Waals surface area contributed by atoms with Gasteiger partial charge >= 0.3 is 0 Å². The summed E-state index contributed by atoms with van der Waals surface area (Å²) in [5.41, 5.74) is 0. The highest BCUT2D eigenvalue weighted by Gasteiger charge is 2.46. The predicted molar refractivity (Wildman–Crippen MR) is 88.4 cm³/mol. The van der Waals surface area contributed by atoms with Crippen LogP contribution in [0.5, 0.6) is 0 Å². The van der Waals surface area contributed by atoms with Gasteiger partial charge in [0.05, 0.1) is 70.2 Å². The van der Waals surface area contributed by atoms with Crippen molar-refractivity contribution < 1.29 is 39.0 Å². The smallest absolute Gasteiger partial charge is 0.173 e. The zero-order chi connectivity index (χ0) is 18.1. The fourth-order valence-corrected chi connectivity index (χ4v) is 3.57. The fraction of sp³-hybridized carbons (Fsp3) is 1.00. The Bertz CT molecular complexity index is 460. The molecule has 4 rings (SSSR count). The molecule has 0 spiro atoms. The van der Waals surface area contributed by atoms with Gasteiger partial charge in [0.15, 0.2) is 5.79 Å². The summed E-state index contributed by atoms with van der Waals surface area (Å²) < 4.78 is 27.0. The van der Waals surface area contributed by atoms with E-state index in [1.165, 1.54) is 0 Å². The maximum absolute atomic E-state index is 11.2. The lowest BCUT2D eigenvalue weighted by Crippen LogP contribution is -2.46. The first kappa shape index (κ1) is 19.0. The van der Waals surface area contributed by atoms with Crippen molar-refractivity contribution in [3.8, 4) is 0 Å². The maximum Gasteiger partial charge on any atom is 0.173 e. The molecule has 0 aromatic rings. The number of ether oxygens (including phenoxy) is 5. The second kappa shape index (κ2) is 7.97. The molecule has 8 unspecified atom stereocenters. The Balaban J connectivity index is 1.36. The highest BCUT2D eigenvalue weighted by atomic mass is 16.6. The van der Waals surface area contributed by atoms with Crippen LogP contribution in [0.4, 0.5) is 0 Å².